The first-order chi connectivity index (χ1) is 4.74. The molecule has 1 aromatic rings. The number of benzene rings is 1. The number of anilines is 1. The average molecular weight is 134 g/mol. The Hall–Kier alpha value is -1.69. The summed E-state index contributed by atoms with van der Waals surface area (Å²) in [5, 5.41) is 17.2. The molecule has 0 aliphatic carbocycles. The van der Waals surface area contributed by atoms with E-state index in [2.05, 4.69) is 0 Å². The smallest absolute Gasteiger partial charge is 0.117 e. The van der Waals surface area contributed by atoms with Crippen LogP contribution in [0.15, 0.2) is 18.2 Å². The fourth-order valence-corrected chi connectivity index (χ4v) is 0.652. The van der Waals surface area contributed by atoms with Crippen LogP contribution in [0.25, 0.3) is 0 Å². The van der Waals surface area contributed by atoms with E-state index in [4.69, 9.17) is 16.1 Å². The van der Waals surface area contributed by atoms with Gasteiger partial charge < -0.3 is 10.8 Å². The Morgan fingerprint density at radius 3 is 2.70 bits per heavy atom. The molecule has 0 unspecified atom stereocenters. The molecule has 0 atom stereocenters. The van der Waals surface area contributed by atoms with Crippen LogP contribution < -0.4 is 5.73 Å². The Kier molecular flexibility index (Phi) is 1.46. The van der Waals surface area contributed by atoms with E-state index in [1.165, 1.54) is 18.2 Å². The molecule has 0 bridgehead atoms. The van der Waals surface area contributed by atoms with E-state index in [9.17, 15) is 0 Å². The van der Waals surface area contributed by atoms with Crippen molar-refractivity contribution in [3.8, 4) is 11.8 Å². The minimum atomic E-state index is 0.0801. The fraction of sp³-hybridized carbons (Fsp3) is 0. The Morgan fingerprint density at radius 2 is 2.20 bits per heavy atom. The van der Waals surface area contributed by atoms with Crippen molar-refractivity contribution in [3.63, 3.8) is 0 Å². The predicted octanol–water partition coefficient (Wildman–Crippen LogP) is 0.846. The van der Waals surface area contributed by atoms with Gasteiger partial charge >= 0.3 is 0 Å². The first-order valence-corrected chi connectivity index (χ1v) is 2.72. The van der Waals surface area contributed by atoms with Crippen molar-refractivity contribution < 1.29 is 5.11 Å². The van der Waals surface area contributed by atoms with Crippen molar-refractivity contribution in [2.24, 2.45) is 0 Å². The third kappa shape index (κ3) is 1.00. The summed E-state index contributed by atoms with van der Waals surface area (Å²) >= 11 is 0. The van der Waals surface area contributed by atoms with Gasteiger partial charge in [0, 0.05) is 6.07 Å². The van der Waals surface area contributed by atoms with Gasteiger partial charge in [-0.05, 0) is 12.1 Å². The highest BCUT2D eigenvalue weighted by atomic mass is 16.3. The van der Waals surface area contributed by atoms with E-state index in [-0.39, 0.29) is 5.75 Å². The molecular formula is C7H6N2O. The van der Waals surface area contributed by atoms with Crippen molar-refractivity contribution in [3.05, 3.63) is 23.8 Å². The fourth-order valence-electron chi connectivity index (χ4n) is 0.652. The molecule has 3 heteroatoms. The number of nitrogen functional groups attached to an aromatic ring is 1. The topological polar surface area (TPSA) is 70.0 Å². The summed E-state index contributed by atoms with van der Waals surface area (Å²) in [6.07, 6.45) is 0. The highest BCUT2D eigenvalue weighted by Crippen LogP contribution is 2.16. The van der Waals surface area contributed by atoms with Crippen LogP contribution >= 0.6 is 0 Å². The van der Waals surface area contributed by atoms with Crippen molar-refractivity contribution >= 4 is 5.69 Å². The van der Waals surface area contributed by atoms with Gasteiger partial charge in [-0.2, -0.15) is 5.26 Å². The summed E-state index contributed by atoms with van der Waals surface area (Å²) in [5.74, 6) is 0.0801. The molecule has 3 N–H and O–H groups in total. The van der Waals surface area contributed by atoms with Gasteiger partial charge in [-0.25, -0.2) is 0 Å². The zero-order valence-corrected chi connectivity index (χ0v) is 5.20. The molecule has 0 saturated carbocycles. The zero-order valence-electron chi connectivity index (χ0n) is 5.20. The van der Waals surface area contributed by atoms with E-state index in [0.717, 1.165) is 0 Å². The number of nitriles is 1. The van der Waals surface area contributed by atoms with Crippen LogP contribution in [0.4, 0.5) is 5.69 Å². The van der Waals surface area contributed by atoms with Crippen LogP contribution in [0.3, 0.4) is 0 Å². The molecular weight excluding hydrogens is 128 g/mol. The number of rotatable bonds is 0. The number of phenols is 1. The molecule has 0 fully saturated rings. The second-order valence-corrected chi connectivity index (χ2v) is 1.88. The Balaban J connectivity index is 3.23. The lowest BCUT2D eigenvalue weighted by Crippen LogP contribution is -1.88. The van der Waals surface area contributed by atoms with Crippen LogP contribution in [-0.2, 0) is 0 Å². The van der Waals surface area contributed by atoms with E-state index < -0.39 is 0 Å². The van der Waals surface area contributed by atoms with Gasteiger partial charge in [0.15, 0.2) is 0 Å². The number of phenolic OH excluding ortho intramolecular Hbond substituents is 1. The van der Waals surface area contributed by atoms with Gasteiger partial charge in [-0.3, -0.25) is 0 Å². The normalized spacial score (nSPS) is 8.70. The van der Waals surface area contributed by atoms with Crippen molar-refractivity contribution in [1.82, 2.24) is 0 Å². The Labute approximate surface area is 58.3 Å². The molecule has 50 valence electrons. The molecule has 0 saturated heterocycles. The summed E-state index contributed by atoms with van der Waals surface area (Å²) in [6, 6.07) is 6.13. The SMILES string of the molecule is N#Cc1ccc(O)cc1N. The molecule has 0 aliphatic heterocycles. The maximum Gasteiger partial charge on any atom is 0.117 e. The number of hydrogen-bond donors (Lipinski definition) is 2. The quantitative estimate of drug-likeness (QED) is 0.516. The number of aromatic hydroxyl groups is 1. The van der Waals surface area contributed by atoms with Crippen LogP contribution in [0.2, 0.25) is 0 Å². The molecule has 0 spiro atoms. The van der Waals surface area contributed by atoms with Gasteiger partial charge in [-0.15, -0.1) is 0 Å². The van der Waals surface area contributed by atoms with Crippen molar-refractivity contribution in [2.45, 2.75) is 0 Å². The third-order valence-electron chi connectivity index (χ3n) is 1.16. The highest BCUT2D eigenvalue weighted by Gasteiger charge is 1.96. The minimum Gasteiger partial charge on any atom is -0.508 e. The van der Waals surface area contributed by atoms with Gasteiger partial charge in [0.25, 0.3) is 0 Å². The number of nitrogens with zero attached hydrogens (tertiary/aromatic N) is 1. The molecule has 3 nitrogen and oxygen atoms in total. The van der Waals surface area contributed by atoms with E-state index >= 15 is 0 Å². The first kappa shape index (κ1) is 6.43. The summed E-state index contributed by atoms with van der Waals surface area (Å²) in [6.45, 7) is 0. The largest absolute Gasteiger partial charge is 0.508 e. The molecule has 0 amide bonds. The Bertz CT molecular complexity index is 288. The van der Waals surface area contributed by atoms with Crippen LogP contribution in [0.1, 0.15) is 5.56 Å². The van der Waals surface area contributed by atoms with Gasteiger partial charge in [0.1, 0.15) is 11.8 Å². The summed E-state index contributed by atoms with van der Waals surface area (Å²) in [4.78, 5) is 0. The monoisotopic (exact) mass is 134 g/mol. The van der Waals surface area contributed by atoms with Crippen LogP contribution in [0.5, 0.6) is 5.75 Å². The lowest BCUT2D eigenvalue weighted by atomic mass is 10.2. The molecule has 0 aromatic heterocycles. The molecule has 1 aromatic carbocycles. The molecule has 1 rings (SSSR count). The zero-order chi connectivity index (χ0) is 7.56. The first-order valence-electron chi connectivity index (χ1n) is 2.72. The van der Waals surface area contributed by atoms with E-state index in [1.54, 1.807) is 0 Å². The summed E-state index contributed by atoms with van der Waals surface area (Å²) in [5.41, 5.74) is 6.04. The number of nitrogens with two attached hydrogens (primary N) is 1. The number of hydrogen-bond acceptors (Lipinski definition) is 3. The van der Waals surface area contributed by atoms with E-state index in [0.29, 0.717) is 11.3 Å². The standard InChI is InChI=1S/C7H6N2O/c8-4-5-1-2-6(10)3-7(5)9/h1-3,10H,9H2. The van der Waals surface area contributed by atoms with Crippen LogP contribution in [0, 0.1) is 11.3 Å². The average Bonchev–Trinajstić information content (AvgIpc) is 1.88. The lowest BCUT2D eigenvalue weighted by Gasteiger charge is -1.95. The summed E-state index contributed by atoms with van der Waals surface area (Å²) in [7, 11) is 0. The third-order valence-corrected chi connectivity index (χ3v) is 1.16. The predicted molar refractivity (Wildman–Crippen MR) is 37.2 cm³/mol. The van der Waals surface area contributed by atoms with Crippen molar-refractivity contribution in [2.75, 3.05) is 5.73 Å². The molecule has 0 aliphatic rings. The highest BCUT2D eigenvalue weighted by molar-refractivity contribution is 5.56. The molecule has 0 radical (unpaired) electrons. The lowest BCUT2D eigenvalue weighted by molar-refractivity contribution is 0.475. The van der Waals surface area contributed by atoms with Crippen LogP contribution in [-0.4, -0.2) is 5.11 Å². The summed E-state index contributed by atoms with van der Waals surface area (Å²) < 4.78 is 0. The van der Waals surface area contributed by atoms with Crippen molar-refractivity contribution in [1.29, 1.82) is 5.26 Å². The second kappa shape index (κ2) is 2.28. The second-order valence-electron chi connectivity index (χ2n) is 1.88. The van der Waals surface area contributed by atoms with E-state index in [1.807, 2.05) is 6.07 Å². The Morgan fingerprint density at radius 1 is 1.50 bits per heavy atom. The molecule has 0 heterocycles. The van der Waals surface area contributed by atoms with Gasteiger partial charge in [0.2, 0.25) is 0 Å². The molecule has 10 heavy (non-hydrogen) atoms. The van der Waals surface area contributed by atoms with Gasteiger partial charge in [-0.1, -0.05) is 0 Å². The van der Waals surface area contributed by atoms with Gasteiger partial charge in [0.05, 0.1) is 11.3 Å². The maximum absolute atomic E-state index is 8.84. The maximum atomic E-state index is 8.84. The minimum absolute atomic E-state index is 0.0801.